The van der Waals surface area contributed by atoms with Crippen LogP contribution >= 0.6 is 11.6 Å². The Morgan fingerprint density at radius 1 is 1.10 bits per heavy atom. The Hall–Kier alpha value is -1.93. The maximum absolute atomic E-state index is 13.5. The predicted octanol–water partition coefficient (Wildman–Crippen LogP) is 3.57. The Kier molecular flexibility index (Phi) is 5.42. The Balaban J connectivity index is 1.75. The molecule has 8 heteroatoms. The highest BCUT2D eigenvalue weighted by Gasteiger charge is 2.52. The molecule has 2 N–H and O–H groups in total. The van der Waals surface area contributed by atoms with E-state index in [1.54, 1.807) is 28.6 Å². The molecule has 2 heterocycles. The number of nitrogens with one attached hydrogen (secondary N) is 1. The van der Waals surface area contributed by atoms with E-state index >= 15 is 0 Å². The van der Waals surface area contributed by atoms with Crippen molar-refractivity contribution in [2.24, 2.45) is 5.92 Å². The molecule has 154 valence electrons. The molecule has 2 aromatic rings. The number of fused-ring (bicyclic) bond motifs is 3. The molecule has 0 aromatic heterocycles. The lowest BCUT2D eigenvalue weighted by molar-refractivity contribution is -0.114. The minimum Gasteiger partial charge on any atom is -0.393 e. The van der Waals surface area contributed by atoms with E-state index in [0.29, 0.717) is 17.1 Å². The number of carbonyl (C=O) groups excluding carboxylic acids is 1. The molecule has 2 bridgehead atoms. The molecule has 4 atom stereocenters. The topological polar surface area (TPSA) is 86.7 Å². The van der Waals surface area contributed by atoms with Gasteiger partial charge in [0.05, 0.1) is 17.0 Å². The lowest BCUT2D eigenvalue weighted by Crippen LogP contribution is -2.57. The first kappa shape index (κ1) is 20.3. The number of hydrogen-bond donors (Lipinski definition) is 2. The van der Waals surface area contributed by atoms with E-state index in [-0.39, 0.29) is 22.8 Å². The molecular formula is C21H23ClN2O4S. The summed E-state index contributed by atoms with van der Waals surface area (Å²) in [5.41, 5.74) is 1.46. The van der Waals surface area contributed by atoms with Crippen molar-refractivity contribution < 1.29 is 18.3 Å². The number of hydrogen-bond acceptors (Lipinski definition) is 4. The van der Waals surface area contributed by atoms with Gasteiger partial charge in [-0.2, -0.15) is 4.31 Å². The summed E-state index contributed by atoms with van der Waals surface area (Å²) in [5, 5.41) is 13.8. The van der Waals surface area contributed by atoms with Crippen LogP contribution in [0.4, 0.5) is 5.69 Å². The maximum atomic E-state index is 13.5. The van der Waals surface area contributed by atoms with Crippen LogP contribution in [0.15, 0.2) is 53.4 Å². The van der Waals surface area contributed by atoms with Crippen LogP contribution in [-0.2, 0) is 14.8 Å². The van der Waals surface area contributed by atoms with Crippen LogP contribution < -0.4 is 5.32 Å². The highest BCUT2D eigenvalue weighted by atomic mass is 35.5. The van der Waals surface area contributed by atoms with Crippen LogP contribution in [0.25, 0.3) is 0 Å². The summed E-state index contributed by atoms with van der Waals surface area (Å²) in [7, 11) is -3.77. The lowest BCUT2D eigenvalue weighted by Gasteiger charge is -2.52. The van der Waals surface area contributed by atoms with Crippen LogP contribution in [0.3, 0.4) is 0 Å². The van der Waals surface area contributed by atoms with E-state index in [1.165, 1.54) is 19.1 Å². The second-order valence-electron chi connectivity index (χ2n) is 7.73. The van der Waals surface area contributed by atoms with Crippen LogP contribution in [0.2, 0.25) is 5.02 Å². The molecule has 3 fully saturated rings. The van der Waals surface area contributed by atoms with E-state index in [0.717, 1.165) is 18.4 Å². The Morgan fingerprint density at radius 3 is 2.34 bits per heavy atom. The standard InChI is InChI=1S/C21H23ClN2O4S/c1-13(25)23-16-6-2-14(3-7-16)21-19-11-8-17(12-20(19)26)24(21)29(27,28)18-9-4-15(22)5-10-18/h2-7,9-10,17,19-21,26H,8,11-12H2,1H3,(H,23,25)/t17-,19+,20-,21+/m0/s1. The summed E-state index contributed by atoms with van der Waals surface area (Å²) in [6.07, 6.45) is 1.41. The molecule has 1 saturated carbocycles. The van der Waals surface area contributed by atoms with E-state index in [2.05, 4.69) is 5.32 Å². The van der Waals surface area contributed by atoms with Gasteiger partial charge < -0.3 is 10.4 Å². The van der Waals surface area contributed by atoms with E-state index in [9.17, 15) is 18.3 Å². The summed E-state index contributed by atoms with van der Waals surface area (Å²) in [5.74, 6) is -0.342. The van der Waals surface area contributed by atoms with Crippen LogP contribution in [0, 0.1) is 5.92 Å². The third-order valence-corrected chi connectivity index (χ3v) is 8.04. The molecule has 2 aromatic carbocycles. The SMILES string of the molecule is CC(=O)Nc1ccc([C@@H]2[C@@H]3CC[C@@H](C[C@@H]3O)N2S(=O)(=O)c2ccc(Cl)cc2)cc1. The van der Waals surface area contributed by atoms with Crippen molar-refractivity contribution >= 4 is 33.2 Å². The number of sulfonamides is 1. The monoisotopic (exact) mass is 434 g/mol. The van der Waals surface area contributed by atoms with Gasteiger partial charge in [0.25, 0.3) is 0 Å². The van der Waals surface area contributed by atoms with Gasteiger partial charge in [0.2, 0.25) is 15.9 Å². The molecule has 3 aliphatic rings. The van der Waals surface area contributed by atoms with Crippen molar-refractivity contribution in [3.63, 3.8) is 0 Å². The Bertz CT molecular complexity index is 1010. The minimum atomic E-state index is -3.77. The van der Waals surface area contributed by atoms with E-state index < -0.39 is 22.2 Å². The summed E-state index contributed by atoms with van der Waals surface area (Å²) in [6.45, 7) is 1.44. The fraction of sp³-hybridized carbons (Fsp3) is 0.381. The predicted molar refractivity (Wildman–Crippen MR) is 111 cm³/mol. The second kappa shape index (κ2) is 7.72. The van der Waals surface area contributed by atoms with Crippen molar-refractivity contribution in [2.75, 3.05) is 5.32 Å². The minimum absolute atomic E-state index is 0.170. The zero-order chi connectivity index (χ0) is 20.8. The van der Waals surface area contributed by atoms with Crippen LogP contribution in [0.5, 0.6) is 0 Å². The summed E-state index contributed by atoms with van der Waals surface area (Å²) in [6, 6.07) is 12.7. The average molecular weight is 435 g/mol. The number of halogens is 1. The molecule has 5 rings (SSSR count). The molecule has 0 radical (unpaired) electrons. The number of aliphatic hydroxyl groups excluding tert-OH is 1. The molecule has 2 aliphatic heterocycles. The van der Waals surface area contributed by atoms with Gasteiger partial charge in [-0.1, -0.05) is 23.7 Å². The number of rotatable bonds is 4. The van der Waals surface area contributed by atoms with Gasteiger partial charge in [-0.25, -0.2) is 8.42 Å². The summed E-state index contributed by atoms with van der Waals surface area (Å²) in [4.78, 5) is 11.5. The highest BCUT2D eigenvalue weighted by molar-refractivity contribution is 7.89. The van der Waals surface area contributed by atoms with Gasteiger partial charge in [-0.15, -0.1) is 0 Å². The second-order valence-corrected chi connectivity index (χ2v) is 10.0. The fourth-order valence-corrected chi connectivity index (χ4v) is 6.61. The van der Waals surface area contributed by atoms with Crippen molar-refractivity contribution in [1.82, 2.24) is 4.31 Å². The van der Waals surface area contributed by atoms with Gasteiger partial charge >= 0.3 is 0 Å². The Morgan fingerprint density at radius 2 is 1.76 bits per heavy atom. The first-order valence-electron chi connectivity index (χ1n) is 9.62. The Labute approximate surface area is 175 Å². The number of nitrogens with zero attached hydrogens (tertiary/aromatic N) is 1. The summed E-state index contributed by atoms with van der Waals surface area (Å²) < 4.78 is 28.6. The maximum Gasteiger partial charge on any atom is 0.243 e. The number of aliphatic hydroxyl groups is 1. The molecule has 1 aliphatic carbocycles. The fourth-order valence-electron chi connectivity index (χ4n) is 4.60. The average Bonchev–Trinajstić information content (AvgIpc) is 2.68. The lowest BCUT2D eigenvalue weighted by atomic mass is 9.72. The molecule has 29 heavy (non-hydrogen) atoms. The summed E-state index contributed by atoms with van der Waals surface area (Å²) >= 11 is 5.93. The zero-order valence-corrected chi connectivity index (χ0v) is 17.5. The molecule has 0 unspecified atom stereocenters. The van der Waals surface area contributed by atoms with Gasteiger partial charge in [0, 0.05) is 29.6 Å². The van der Waals surface area contributed by atoms with E-state index in [1.807, 2.05) is 12.1 Å². The van der Waals surface area contributed by atoms with Crippen molar-refractivity contribution in [1.29, 1.82) is 0 Å². The van der Waals surface area contributed by atoms with Crippen molar-refractivity contribution in [3.8, 4) is 0 Å². The number of anilines is 1. The van der Waals surface area contributed by atoms with Crippen molar-refractivity contribution in [2.45, 2.75) is 49.3 Å². The molecule has 1 amide bonds. The van der Waals surface area contributed by atoms with E-state index in [4.69, 9.17) is 11.6 Å². The van der Waals surface area contributed by atoms with Gasteiger partial charge in [-0.3, -0.25) is 4.79 Å². The number of carbonyl (C=O) groups is 1. The van der Waals surface area contributed by atoms with Gasteiger partial charge in [-0.05, 0) is 61.2 Å². The largest absolute Gasteiger partial charge is 0.393 e. The number of piperidine rings is 2. The van der Waals surface area contributed by atoms with Gasteiger partial charge in [0.15, 0.2) is 0 Å². The molecular weight excluding hydrogens is 412 g/mol. The molecule has 6 nitrogen and oxygen atoms in total. The van der Waals surface area contributed by atoms with Crippen LogP contribution in [0.1, 0.15) is 37.8 Å². The van der Waals surface area contributed by atoms with Crippen LogP contribution in [-0.4, -0.2) is 35.9 Å². The first-order valence-corrected chi connectivity index (χ1v) is 11.4. The van der Waals surface area contributed by atoms with Crippen molar-refractivity contribution in [3.05, 3.63) is 59.1 Å². The van der Waals surface area contributed by atoms with Gasteiger partial charge in [0.1, 0.15) is 0 Å². The third-order valence-electron chi connectivity index (χ3n) is 5.84. The quantitative estimate of drug-likeness (QED) is 0.770. The third kappa shape index (κ3) is 3.80. The molecule has 0 spiro atoms. The zero-order valence-electron chi connectivity index (χ0n) is 16.0. The smallest absolute Gasteiger partial charge is 0.243 e. The molecule has 2 saturated heterocycles. The number of benzene rings is 2. The normalized spacial score (nSPS) is 27.0. The first-order chi connectivity index (χ1) is 13.8. The highest BCUT2D eigenvalue weighted by Crippen LogP contribution is 2.50. The number of amides is 1.